The van der Waals surface area contributed by atoms with Crippen molar-refractivity contribution < 1.29 is 18.0 Å². The Morgan fingerprint density at radius 1 is 1.30 bits per heavy atom. The summed E-state index contributed by atoms with van der Waals surface area (Å²) in [5.74, 6) is -0.450. The molecule has 2 unspecified atom stereocenters. The van der Waals surface area contributed by atoms with Crippen molar-refractivity contribution >= 4 is 27.3 Å². The summed E-state index contributed by atoms with van der Waals surface area (Å²) in [6, 6.07) is 9.78. The van der Waals surface area contributed by atoms with Gasteiger partial charge >= 0.3 is 0 Å². The molecule has 3 rings (SSSR count). The maximum absolute atomic E-state index is 12.4. The number of carbonyl (C=O) groups excluding carboxylic acids is 2. The lowest BCUT2D eigenvalue weighted by molar-refractivity contribution is -0.130. The maximum Gasteiger partial charge on any atom is 0.225 e. The van der Waals surface area contributed by atoms with Gasteiger partial charge < -0.3 is 15.1 Å². The van der Waals surface area contributed by atoms with E-state index in [4.69, 9.17) is 0 Å². The van der Waals surface area contributed by atoms with Crippen LogP contribution in [0.3, 0.4) is 0 Å². The summed E-state index contributed by atoms with van der Waals surface area (Å²) >= 11 is 0. The molecule has 0 saturated carbocycles. The highest BCUT2D eigenvalue weighted by atomic mass is 32.2. The summed E-state index contributed by atoms with van der Waals surface area (Å²) in [6.07, 6.45) is 1.46. The van der Waals surface area contributed by atoms with Gasteiger partial charge in [0.15, 0.2) is 9.84 Å². The van der Waals surface area contributed by atoms with E-state index in [1.165, 1.54) is 0 Å². The number of hydrogen-bond acceptors (Lipinski definition) is 5. The summed E-state index contributed by atoms with van der Waals surface area (Å²) < 4.78 is 23.3. The van der Waals surface area contributed by atoms with Gasteiger partial charge in [-0.2, -0.15) is 0 Å². The predicted molar refractivity (Wildman–Crippen MR) is 104 cm³/mol. The molecule has 2 aliphatic heterocycles. The highest BCUT2D eigenvalue weighted by Gasteiger charge is 2.41. The van der Waals surface area contributed by atoms with E-state index in [1.54, 1.807) is 4.90 Å². The van der Waals surface area contributed by atoms with Gasteiger partial charge in [0, 0.05) is 44.8 Å². The summed E-state index contributed by atoms with van der Waals surface area (Å²) in [7, 11) is -1.03. The molecule has 7 nitrogen and oxygen atoms in total. The molecule has 1 aromatic carbocycles. The molecular weight excluding hydrogens is 366 g/mol. The zero-order valence-electron chi connectivity index (χ0n) is 15.6. The summed E-state index contributed by atoms with van der Waals surface area (Å²) in [5.41, 5.74) is 1.13. The minimum absolute atomic E-state index is 0.0267. The standard InChI is InChI=1S/C19H27N3O4S/c1-21(16-6-3-2-4-7-16)10-5-9-20-19(24)15-12-18(23)22(13-15)17-8-11-27(25,26)14-17/h2-4,6-7,15,17H,5,8-14H2,1H3,(H,20,24). The molecule has 8 heteroatoms. The lowest BCUT2D eigenvalue weighted by Crippen LogP contribution is -2.39. The number of carbonyl (C=O) groups is 2. The first-order valence-electron chi connectivity index (χ1n) is 9.39. The smallest absolute Gasteiger partial charge is 0.225 e. The van der Waals surface area contributed by atoms with Crippen molar-refractivity contribution in [3.63, 3.8) is 0 Å². The minimum Gasteiger partial charge on any atom is -0.375 e. The van der Waals surface area contributed by atoms with Crippen molar-refractivity contribution in [3.05, 3.63) is 30.3 Å². The number of anilines is 1. The van der Waals surface area contributed by atoms with Crippen LogP contribution in [-0.2, 0) is 19.4 Å². The molecular formula is C19H27N3O4S. The third kappa shape index (κ3) is 5.00. The second-order valence-corrected chi connectivity index (χ2v) is 9.63. The second-order valence-electron chi connectivity index (χ2n) is 7.41. The fourth-order valence-corrected chi connectivity index (χ4v) is 5.50. The molecule has 0 bridgehead atoms. The van der Waals surface area contributed by atoms with E-state index < -0.39 is 9.84 Å². The number of nitrogens with zero attached hydrogens (tertiary/aromatic N) is 2. The zero-order valence-corrected chi connectivity index (χ0v) is 16.5. The number of benzene rings is 1. The van der Waals surface area contributed by atoms with Crippen LogP contribution in [0.25, 0.3) is 0 Å². The number of rotatable bonds is 7. The molecule has 148 valence electrons. The Labute approximate surface area is 160 Å². The molecule has 2 atom stereocenters. The van der Waals surface area contributed by atoms with E-state index in [-0.39, 0.29) is 41.7 Å². The Morgan fingerprint density at radius 3 is 2.70 bits per heavy atom. The predicted octanol–water partition coefficient (Wildman–Crippen LogP) is 0.665. The van der Waals surface area contributed by atoms with Crippen LogP contribution in [0.4, 0.5) is 5.69 Å². The summed E-state index contributed by atoms with van der Waals surface area (Å²) in [4.78, 5) is 28.3. The Kier molecular flexibility index (Phi) is 6.04. The highest BCUT2D eigenvalue weighted by Crippen LogP contribution is 2.26. The topological polar surface area (TPSA) is 86.8 Å². The van der Waals surface area contributed by atoms with Crippen molar-refractivity contribution in [1.29, 1.82) is 0 Å². The Morgan fingerprint density at radius 2 is 2.04 bits per heavy atom. The molecule has 0 aliphatic carbocycles. The van der Waals surface area contributed by atoms with Crippen LogP contribution in [0, 0.1) is 5.92 Å². The largest absolute Gasteiger partial charge is 0.375 e. The fourth-order valence-electron chi connectivity index (χ4n) is 3.77. The molecule has 2 saturated heterocycles. The molecule has 2 amide bonds. The van der Waals surface area contributed by atoms with E-state index in [2.05, 4.69) is 10.2 Å². The first kappa shape index (κ1) is 19.7. The quantitative estimate of drug-likeness (QED) is 0.688. The van der Waals surface area contributed by atoms with Crippen LogP contribution in [0.15, 0.2) is 30.3 Å². The monoisotopic (exact) mass is 393 g/mol. The van der Waals surface area contributed by atoms with E-state index >= 15 is 0 Å². The molecule has 2 fully saturated rings. The lowest BCUT2D eigenvalue weighted by atomic mass is 10.1. The van der Waals surface area contributed by atoms with Crippen LogP contribution in [0.5, 0.6) is 0 Å². The van der Waals surface area contributed by atoms with Crippen LogP contribution < -0.4 is 10.2 Å². The third-order valence-electron chi connectivity index (χ3n) is 5.34. The minimum atomic E-state index is -3.04. The molecule has 1 aromatic rings. The van der Waals surface area contributed by atoms with Crippen LogP contribution >= 0.6 is 0 Å². The summed E-state index contributed by atoms with van der Waals surface area (Å²) in [6.45, 7) is 1.70. The Hall–Kier alpha value is -2.09. The first-order valence-corrected chi connectivity index (χ1v) is 11.2. The van der Waals surface area contributed by atoms with Crippen LogP contribution in [0.1, 0.15) is 19.3 Å². The fraction of sp³-hybridized carbons (Fsp3) is 0.579. The lowest BCUT2D eigenvalue weighted by Gasteiger charge is -2.23. The number of nitrogens with one attached hydrogen (secondary N) is 1. The van der Waals surface area contributed by atoms with Crippen molar-refractivity contribution in [2.75, 3.05) is 43.1 Å². The zero-order chi connectivity index (χ0) is 19.4. The van der Waals surface area contributed by atoms with Gasteiger partial charge in [-0.1, -0.05) is 18.2 Å². The van der Waals surface area contributed by atoms with Crippen LogP contribution in [0.2, 0.25) is 0 Å². The van der Waals surface area contributed by atoms with Crippen molar-refractivity contribution in [1.82, 2.24) is 10.2 Å². The van der Waals surface area contributed by atoms with E-state index in [0.29, 0.717) is 19.5 Å². The number of amides is 2. The van der Waals surface area contributed by atoms with Gasteiger partial charge in [-0.25, -0.2) is 8.42 Å². The number of likely N-dealkylation sites (tertiary alicyclic amines) is 1. The average Bonchev–Trinajstić information content (AvgIpc) is 3.21. The molecule has 2 heterocycles. The van der Waals surface area contributed by atoms with Crippen molar-refractivity contribution in [2.45, 2.75) is 25.3 Å². The number of para-hydroxylation sites is 1. The van der Waals surface area contributed by atoms with Gasteiger partial charge in [-0.3, -0.25) is 9.59 Å². The van der Waals surface area contributed by atoms with Gasteiger partial charge in [-0.15, -0.1) is 0 Å². The van der Waals surface area contributed by atoms with Gasteiger partial charge in [0.05, 0.1) is 17.4 Å². The van der Waals surface area contributed by atoms with Gasteiger partial charge in [0.2, 0.25) is 11.8 Å². The van der Waals surface area contributed by atoms with E-state index in [0.717, 1.165) is 18.7 Å². The molecule has 2 aliphatic rings. The molecule has 0 radical (unpaired) electrons. The van der Waals surface area contributed by atoms with Gasteiger partial charge in [-0.05, 0) is 25.0 Å². The SMILES string of the molecule is CN(CCCNC(=O)C1CC(=O)N(C2CCS(=O)(=O)C2)C1)c1ccccc1. The summed E-state index contributed by atoms with van der Waals surface area (Å²) in [5, 5.41) is 2.92. The third-order valence-corrected chi connectivity index (χ3v) is 7.10. The highest BCUT2D eigenvalue weighted by molar-refractivity contribution is 7.91. The maximum atomic E-state index is 12.4. The van der Waals surface area contributed by atoms with Crippen molar-refractivity contribution in [3.8, 4) is 0 Å². The molecule has 0 spiro atoms. The number of sulfone groups is 1. The molecule has 27 heavy (non-hydrogen) atoms. The van der Waals surface area contributed by atoms with E-state index in [1.807, 2.05) is 37.4 Å². The van der Waals surface area contributed by atoms with Gasteiger partial charge in [0.1, 0.15) is 0 Å². The average molecular weight is 394 g/mol. The van der Waals surface area contributed by atoms with E-state index in [9.17, 15) is 18.0 Å². The molecule has 0 aromatic heterocycles. The second kappa shape index (κ2) is 8.29. The Bertz CT molecular complexity index is 781. The normalized spacial score (nSPS) is 24.2. The number of hydrogen-bond donors (Lipinski definition) is 1. The van der Waals surface area contributed by atoms with Gasteiger partial charge in [0.25, 0.3) is 0 Å². The van der Waals surface area contributed by atoms with Crippen LogP contribution in [-0.4, -0.2) is 69.4 Å². The Balaban J connectivity index is 1.41. The van der Waals surface area contributed by atoms with Crippen molar-refractivity contribution in [2.24, 2.45) is 5.92 Å². The molecule has 1 N–H and O–H groups in total. The first-order chi connectivity index (χ1) is 12.9.